The number of sulfonamides is 1. The van der Waals surface area contributed by atoms with Gasteiger partial charge < -0.3 is 0 Å². The number of rotatable bonds is 6. The molecule has 192 valence electrons. The Morgan fingerprint density at radius 2 is 1.47 bits per heavy atom. The highest BCUT2D eigenvalue weighted by Gasteiger charge is 2.20. The molecule has 38 heavy (non-hydrogen) atoms. The van der Waals surface area contributed by atoms with Crippen molar-refractivity contribution in [1.29, 1.82) is 0 Å². The Hall–Kier alpha value is -3.99. The highest BCUT2D eigenvalue weighted by Crippen LogP contribution is 2.35. The molecule has 2 heterocycles. The van der Waals surface area contributed by atoms with E-state index in [1.807, 2.05) is 29.0 Å². The van der Waals surface area contributed by atoms with Crippen molar-refractivity contribution in [2.45, 2.75) is 18.4 Å². The minimum Gasteiger partial charge on any atom is -0.274 e. The molecular formula is C26H19Cl2N5O4S. The standard InChI is InChI=1S/C26H19Cl2N5O4S/c1-16(34)31-38(36,37)22-12-2-17(3-13-22)15-32-26(35)33-25(30-32)24(19-6-10-21(28)11-7-19)23(14-29-33)18-4-8-20(27)9-5-18/h2-14H,15H2,1H3,(H,31,34). The first-order valence-electron chi connectivity index (χ1n) is 11.3. The number of hydrogen-bond donors (Lipinski definition) is 1. The molecule has 0 saturated carbocycles. The summed E-state index contributed by atoms with van der Waals surface area (Å²) in [6.45, 7) is 1.19. The van der Waals surface area contributed by atoms with Crippen LogP contribution in [0.3, 0.4) is 0 Å². The molecule has 1 N–H and O–H groups in total. The average molecular weight is 568 g/mol. The Labute approximate surface area is 227 Å². The number of halogens is 2. The summed E-state index contributed by atoms with van der Waals surface area (Å²) in [6.07, 6.45) is 1.61. The van der Waals surface area contributed by atoms with E-state index in [2.05, 4.69) is 10.2 Å². The lowest BCUT2D eigenvalue weighted by Crippen LogP contribution is -2.28. The van der Waals surface area contributed by atoms with Gasteiger partial charge in [-0.15, -0.1) is 5.10 Å². The van der Waals surface area contributed by atoms with Gasteiger partial charge in [-0.05, 0) is 53.1 Å². The molecule has 0 saturated heterocycles. The second kappa shape index (κ2) is 10.1. The van der Waals surface area contributed by atoms with Crippen LogP contribution in [0.5, 0.6) is 0 Å². The van der Waals surface area contributed by atoms with Gasteiger partial charge in [-0.1, -0.05) is 59.6 Å². The molecule has 0 atom stereocenters. The van der Waals surface area contributed by atoms with Crippen LogP contribution >= 0.6 is 23.2 Å². The number of benzene rings is 3. The van der Waals surface area contributed by atoms with Crippen molar-refractivity contribution in [1.82, 2.24) is 24.1 Å². The van der Waals surface area contributed by atoms with Gasteiger partial charge in [0.05, 0.1) is 17.6 Å². The number of hydrogen-bond acceptors (Lipinski definition) is 6. The molecule has 0 aliphatic carbocycles. The largest absolute Gasteiger partial charge is 0.367 e. The van der Waals surface area contributed by atoms with Crippen LogP contribution in [0, 0.1) is 0 Å². The number of fused-ring (bicyclic) bond motifs is 1. The second-order valence-electron chi connectivity index (χ2n) is 8.43. The zero-order valence-electron chi connectivity index (χ0n) is 19.8. The van der Waals surface area contributed by atoms with Crippen molar-refractivity contribution in [3.8, 4) is 22.3 Å². The summed E-state index contributed by atoms with van der Waals surface area (Å²) in [4.78, 5) is 24.3. The molecule has 0 aliphatic rings. The summed E-state index contributed by atoms with van der Waals surface area (Å²) in [5.41, 5.74) is 3.57. The highest BCUT2D eigenvalue weighted by atomic mass is 35.5. The minimum absolute atomic E-state index is 0.0684. The van der Waals surface area contributed by atoms with Crippen LogP contribution in [0.2, 0.25) is 10.0 Å². The highest BCUT2D eigenvalue weighted by molar-refractivity contribution is 7.90. The van der Waals surface area contributed by atoms with E-state index in [-0.39, 0.29) is 11.4 Å². The summed E-state index contributed by atoms with van der Waals surface area (Å²) in [6, 6.07) is 20.3. The van der Waals surface area contributed by atoms with Crippen molar-refractivity contribution in [2.24, 2.45) is 0 Å². The number of aromatic nitrogens is 4. The smallest absolute Gasteiger partial charge is 0.274 e. The van der Waals surface area contributed by atoms with E-state index >= 15 is 0 Å². The van der Waals surface area contributed by atoms with E-state index in [4.69, 9.17) is 23.2 Å². The van der Waals surface area contributed by atoms with Gasteiger partial charge in [-0.25, -0.2) is 22.6 Å². The minimum atomic E-state index is -3.97. The Kier molecular flexibility index (Phi) is 6.78. The van der Waals surface area contributed by atoms with Gasteiger partial charge >= 0.3 is 5.69 Å². The maximum absolute atomic E-state index is 13.2. The molecule has 0 unspecified atom stereocenters. The molecule has 5 aromatic rings. The molecule has 0 spiro atoms. The first kappa shape index (κ1) is 25.7. The Morgan fingerprint density at radius 1 is 0.895 bits per heavy atom. The second-order valence-corrected chi connectivity index (χ2v) is 11.0. The van der Waals surface area contributed by atoms with Crippen LogP contribution in [-0.2, 0) is 21.4 Å². The van der Waals surface area contributed by atoms with Crippen LogP contribution < -0.4 is 10.4 Å². The SMILES string of the molecule is CC(=O)NS(=O)(=O)c1ccc(Cn2nc3c(-c4ccc(Cl)cc4)c(-c4ccc(Cl)cc4)cnn3c2=O)cc1. The van der Waals surface area contributed by atoms with Gasteiger partial charge in [0.15, 0.2) is 5.65 Å². The van der Waals surface area contributed by atoms with Crippen molar-refractivity contribution >= 4 is 44.8 Å². The van der Waals surface area contributed by atoms with Gasteiger partial charge in [-0.2, -0.15) is 9.61 Å². The summed E-state index contributed by atoms with van der Waals surface area (Å²) < 4.78 is 28.8. The lowest BCUT2D eigenvalue weighted by molar-refractivity contribution is -0.117. The van der Waals surface area contributed by atoms with Crippen molar-refractivity contribution in [2.75, 3.05) is 0 Å². The normalized spacial score (nSPS) is 11.6. The summed E-state index contributed by atoms with van der Waals surface area (Å²) in [7, 11) is -3.97. The molecule has 0 aliphatic heterocycles. The predicted octanol–water partition coefficient (Wildman–Crippen LogP) is 4.40. The third-order valence-corrected chi connectivity index (χ3v) is 7.70. The molecule has 0 radical (unpaired) electrons. The lowest BCUT2D eigenvalue weighted by atomic mass is 9.97. The number of nitrogens with one attached hydrogen (secondary N) is 1. The van der Waals surface area contributed by atoms with E-state index in [1.54, 1.807) is 42.6 Å². The Morgan fingerprint density at radius 3 is 2.05 bits per heavy atom. The third-order valence-electron chi connectivity index (χ3n) is 5.75. The Bertz CT molecular complexity index is 1830. The molecule has 2 aromatic heterocycles. The van der Waals surface area contributed by atoms with Gasteiger partial charge in [0.25, 0.3) is 10.0 Å². The van der Waals surface area contributed by atoms with Crippen LogP contribution in [-0.4, -0.2) is 33.7 Å². The van der Waals surface area contributed by atoms with E-state index in [0.717, 1.165) is 23.6 Å². The Balaban J connectivity index is 1.60. The van der Waals surface area contributed by atoms with E-state index in [1.165, 1.54) is 21.3 Å². The molecule has 0 fully saturated rings. The van der Waals surface area contributed by atoms with Crippen molar-refractivity contribution in [3.63, 3.8) is 0 Å². The predicted molar refractivity (Wildman–Crippen MR) is 145 cm³/mol. The maximum Gasteiger partial charge on any atom is 0.367 e. The van der Waals surface area contributed by atoms with Crippen LogP contribution in [0.15, 0.2) is 88.7 Å². The molecule has 0 bridgehead atoms. The van der Waals surface area contributed by atoms with Gasteiger partial charge in [0.1, 0.15) is 0 Å². The number of amides is 1. The molecule has 5 rings (SSSR count). The number of carbonyl (C=O) groups is 1. The summed E-state index contributed by atoms with van der Waals surface area (Å²) >= 11 is 12.2. The maximum atomic E-state index is 13.2. The van der Waals surface area contributed by atoms with Crippen LogP contribution in [0.25, 0.3) is 27.9 Å². The van der Waals surface area contributed by atoms with Gasteiger partial charge in [-0.3, -0.25) is 4.79 Å². The van der Waals surface area contributed by atoms with E-state index in [0.29, 0.717) is 26.8 Å². The summed E-state index contributed by atoms with van der Waals surface area (Å²) in [5.74, 6) is -0.688. The average Bonchev–Trinajstić information content (AvgIpc) is 3.19. The fourth-order valence-electron chi connectivity index (χ4n) is 4.01. The van der Waals surface area contributed by atoms with Crippen molar-refractivity contribution in [3.05, 3.63) is 105 Å². The fraction of sp³-hybridized carbons (Fsp3) is 0.0769. The number of carbonyl (C=O) groups excluding carboxylic acids is 1. The third kappa shape index (κ3) is 5.06. The number of nitrogens with zero attached hydrogens (tertiary/aromatic N) is 4. The lowest BCUT2D eigenvalue weighted by Gasteiger charge is -2.11. The molecule has 3 aromatic carbocycles. The van der Waals surface area contributed by atoms with Crippen LogP contribution in [0.4, 0.5) is 0 Å². The van der Waals surface area contributed by atoms with Gasteiger partial charge in [0.2, 0.25) is 5.91 Å². The monoisotopic (exact) mass is 567 g/mol. The zero-order chi connectivity index (χ0) is 27.0. The first-order valence-corrected chi connectivity index (χ1v) is 13.5. The van der Waals surface area contributed by atoms with E-state index in [9.17, 15) is 18.0 Å². The molecule has 9 nitrogen and oxygen atoms in total. The van der Waals surface area contributed by atoms with E-state index < -0.39 is 21.6 Å². The topological polar surface area (TPSA) is 115 Å². The van der Waals surface area contributed by atoms with Crippen LogP contribution in [0.1, 0.15) is 12.5 Å². The molecule has 1 amide bonds. The fourth-order valence-corrected chi connectivity index (χ4v) is 5.25. The van der Waals surface area contributed by atoms with Crippen molar-refractivity contribution < 1.29 is 13.2 Å². The zero-order valence-corrected chi connectivity index (χ0v) is 22.1. The quantitative estimate of drug-likeness (QED) is 0.325. The van der Waals surface area contributed by atoms with Gasteiger partial charge in [0, 0.05) is 28.1 Å². The summed E-state index contributed by atoms with van der Waals surface area (Å²) in [5, 5.41) is 10.1. The first-order chi connectivity index (χ1) is 18.1. The molecular weight excluding hydrogens is 549 g/mol. The molecule has 12 heteroatoms.